The molecule has 20 heavy (non-hydrogen) atoms. The number of esters is 1. The van der Waals surface area contributed by atoms with E-state index >= 15 is 0 Å². The molecule has 110 valence electrons. The molecule has 1 aromatic rings. The number of benzene rings is 1. The number of ether oxygens (including phenoxy) is 3. The first-order valence-corrected chi connectivity index (χ1v) is 6.83. The Bertz CT molecular complexity index is 457. The van der Waals surface area contributed by atoms with Crippen LogP contribution in [0.15, 0.2) is 18.2 Å². The lowest BCUT2D eigenvalue weighted by Gasteiger charge is -2.12. The average molecular weight is 279 g/mol. The van der Waals surface area contributed by atoms with Gasteiger partial charge in [-0.05, 0) is 30.5 Å². The van der Waals surface area contributed by atoms with E-state index in [-0.39, 0.29) is 19.0 Å². The van der Waals surface area contributed by atoms with Crippen molar-refractivity contribution >= 4 is 5.97 Å². The Hall–Kier alpha value is -1.75. The minimum absolute atomic E-state index is 0.227. The van der Waals surface area contributed by atoms with Gasteiger partial charge in [-0.1, -0.05) is 6.07 Å². The predicted octanol–water partition coefficient (Wildman–Crippen LogP) is 1.89. The molecule has 2 rings (SSSR count). The number of carbonyl (C=O) groups excluding carboxylic acids is 1. The number of nitrogens with one attached hydrogen (secondary N) is 1. The summed E-state index contributed by atoms with van der Waals surface area (Å²) in [4.78, 5) is 11.0. The molecule has 0 aromatic heterocycles. The van der Waals surface area contributed by atoms with Crippen LogP contribution in [0.2, 0.25) is 0 Å². The van der Waals surface area contributed by atoms with E-state index in [0.29, 0.717) is 17.5 Å². The number of hydrogen-bond donors (Lipinski definition) is 1. The van der Waals surface area contributed by atoms with E-state index in [2.05, 4.69) is 10.1 Å². The van der Waals surface area contributed by atoms with Crippen molar-refractivity contribution in [3.8, 4) is 11.5 Å². The molecular weight excluding hydrogens is 258 g/mol. The molecule has 5 nitrogen and oxygen atoms in total. The Morgan fingerprint density at radius 2 is 2.10 bits per heavy atom. The molecule has 1 N–H and O–H groups in total. The fraction of sp³-hybridized carbons (Fsp3) is 0.533. The highest BCUT2D eigenvalue weighted by atomic mass is 16.5. The number of hydrogen-bond acceptors (Lipinski definition) is 5. The molecule has 1 fully saturated rings. The van der Waals surface area contributed by atoms with Gasteiger partial charge < -0.3 is 19.5 Å². The number of methoxy groups -OCH3 is 2. The van der Waals surface area contributed by atoms with E-state index < -0.39 is 0 Å². The molecule has 0 spiro atoms. The Morgan fingerprint density at radius 3 is 2.75 bits per heavy atom. The van der Waals surface area contributed by atoms with Gasteiger partial charge in [0.2, 0.25) is 0 Å². The van der Waals surface area contributed by atoms with Crippen molar-refractivity contribution < 1.29 is 19.0 Å². The molecular formula is C15H21NO4. The Balaban J connectivity index is 1.88. The minimum atomic E-state index is -0.283. The van der Waals surface area contributed by atoms with Crippen LogP contribution in [-0.2, 0) is 16.1 Å². The Labute approximate surface area is 119 Å². The molecule has 0 amide bonds. The summed E-state index contributed by atoms with van der Waals surface area (Å²) in [5.41, 5.74) is 1.16. The van der Waals surface area contributed by atoms with Crippen LogP contribution >= 0.6 is 0 Å². The van der Waals surface area contributed by atoms with Crippen LogP contribution in [0.4, 0.5) is 0 Å². The van der Waals surface area contributed by atoms with Gasteiger partial charge in [-0.25, -0.2) is 0 Å². The SMILES string of the molecule is COC(=O)CCOc1ccc(CNC2CC2)cc1OC. The van der Waals surface area contributed by atoms with Gasteiger partial charge >= 0.3 is 5.97 Å². The lowest BCUT2D eigenvalue weighted by atomic mass is 10.2. The summed E-state index contributed by atoms with van der Waals surface area (Å²) in [6, 6.07) is 6.52. The highest BCUT2D eigenvalue weighted by Gasteiger charge is 2.20. The summed E-state index contributed by atoms with van der Waals surface area (Å²) in [5.74, 6) is 1.05. The Morgan fingerprint density at radius 1 is 1.30 bits per heavy atom. The van der Waals surface area contributed by atoms with Crippen LogP contribution in [0.25, 0.3) is 0 Å². The lowest BCUT2D eigenvalue weighted by molar-refractivity contribution is -0.141. The fourth-order valence-corrected chi connectivity index (χ4v) is 1.84. The van der Waals surface area contributed by atoms with Gasteiger partial charge in [0.25, 0.3) is 0 Å². The number of carbonyl (C=O) groups is 1. The van der Waals surface area contributed by atoms with Crippen molar-refractivity contribution in [1.82, 2.24) is 5.32 Å². The van der Waals surface area contributed by atoms with E-state index in [1.807, 2.05) is 18.2 Å². The molecule has 1 aliphatic carbocycles. The summed E-state index contributed by atoms with van der Waals surface area (Å²) in [6.45, 7) is 1.12. The fourth-order valence-electron chi connectivity index (χ4n) is 1.84. The molecule has 1 aromatic carbocycles. The first-order chi connectivity index (χ1) is 9.72. The van der Waals surface area contributed by atoms with Crippen molar-refractivity contribution in [2.24, 2.45) is 0 Å². The molecule has 1 saturated carbocycles. The normalized spacial score (nSPS) is 13.9. The predicted molar refractivity (Wildman–Crippen MR) is 75.0 cm³/mol. The van der Waals surface area contributed by atoms with E-state index in [1.54, 1.807) is 7.11 Å². The standard InChI is InChI=1S/C15H21NO4/c1-18-14-9-11(10-16-12-4-5-12)3-6-13(14)20-8-7-15(17)19-2/h3,6,9,12,16H,4-5,7-8,10H2,1-2H3. The minimum Gasteiger partial charge on any atom is -0.493 e. The second-order valence-corrected chi connectivity index (χ2v) is 4.81. The van der Waals surface area contributed by atoms with Crippen LogP contribution in [0.5, 0.6) is 11.5 Å². The highest BCUT2D eigenvalue weighted by Crippen LogP contribution is 2.28. The van der Waals surface area contributed by atoms with E-state index in [9.17, 15) is 4.79 Å². The van der Waals surface area contributed by atoms with Crippen LogP contribution in [-0.4, -0.2) is 32.8 Å². The van der Waals surface area contributed by atoms with Crippen LogP contribution < -0.4 is 14.8 Å². The zero-order valence-corrected chi connectivity index (χ0v) is 12.0. The number of rotatable bonds is 8. The molecule has 0 aliphatic heterocycles. The van der Waals surface area contributed by atoms with Crippen molar-refractivity contribution in [1.29, 1.82) is 0 Å². The third-order valence-corrected chi connectivity index (χ3v) is 3.19. The third kappa shape index (κ3) is 4.42. The average Bonchev–Trinajstić information content (AvgIpc) is 3.29. The largest absolute Gasteiger partial charge is 0.493 e. The van der Waals surface area contributed by atoms with Gasteiger partial charge in [0.15, 0.2) is 11.5 Å². The van der Waals surface area contributed by atoms with Crippen molar-refractivity contribution in [2.75, 3.05) is 20.8 Å². The maximum Gasteiger partial charge on any atom is 0.308 e. The summed E-state index contributed by atoms with van der Waals surface area (Å²) < 4.78 is 15.4. The van der Waals surface area contributed by atoms with Gasteiger partial charge in [-0.2, -0.15) is 0 Å². The zero-order chi connectivity index (χ0) is 14.4. The van der Waals surface area contributed by atoms with E-state index in [0.717, 1.165) is 12.1 Å². The van der Waals surface area contributed by atoms with Crippen molar-refractivity contribution in [3.05, 3.63) is 23.8 Å². The van der Waals surface area contributed by atoms with Gasteiger partial charge in [-0.3, -0.25) is 4.79 Å². The smallest absolute Gasteiger partial charge is 0.308 e. The third-order valence-electron chi connectivity index (χ3n) is 3.19. The quantitative estimate of drug-likeness (QED) is 0.736. The molecule has 0 radical (unpaired) electrons. The van der Waals surface area contributed by atoms with Crippen molar-refractivity contribution in [3.63, 3.8) is 0 Å². The van der Waals surface area contributed by atoms with Gasteiger partial charge in [-0.15, -0.1) is 0 Å². The summed E-state index contributed by atoms with van der Waals surface area (Å²) >= 11 is 0. The molecule has 0 saturated heterocycles. The second kappa shape index (κ2) is 7.14. The molecule has 5 heteroatoms. The summed E-state index contributed by atoms with van der Waals surface area (Å²) in [5, 5.41) is 3.45. The topological polar surface area (TPSA) is 56.8 Å². The molecule has 0 unspecified atom stereocenters. The maximum absolute atomic E-state index is 11.0. The zero-order valence-electron chi connectivity index (χ0n) is 12.0. The van der Waals surface area contributed by atoms with Crippen molar-refractivity contribution in [2.45, 2.75) is 31.8 Å². The maximum atomic E-state index is 11.0. The second-order valence-electron chi connectivity index (χ2n) is 4.81. The summed E-state index contributed by atoms with van der Waals surface area (Å²) in [7, 11) is 2.98. The van der Waals surface area contributed by atoms with Gasteiger partial charge in [0.05, 0.1) is 27.2 Å². The molecule has 1 aliphatic rings. The van der Waals surface area contributed by atoms with E-state index in [1.165, 1.54) is 20.0 Å². The van der Waals surface area contributed by atoms with Gasteiger partial charge in [0.1, 0.15) is 0 Å². The monoisotopic (exact) mass is 279 g/mol. The first kappa shape index (κ1) is 14.7. The van der Waals surface area contributed by atoms with Crippen LogP contribution in [0, 0.1) is 0 Å². The highest BCUT2D eigenvalue weighted by molar-refractivity contribution is 5.69. The molecule has 0 bridgehead atoms. The molecule has 0 atom stereocenters. The van der Waals surface area contributed by atoms with Crippen LogP contribution in [0.3, 0.4) is 0 Å². The van der Waals surface area contributed by atoms with E-state index in [4.69, 9.17) is 9.47 Å². The first-order valence-electron chi connectivity index (χ1n) is 6.83. The Kier molecular flexibility index (Phi) is 5.24. The lowest BCUT2D eigenvalue weighted by Crippen LogP contribution is -2.15. The van der Waals surface area contributed by atoms with Crippen LogP contribution in [0.1, 0.15) is 24.8 Å². The van der Waals surface area contributed by atoms with Gasteiger partial charge in [0, 0.05) is 12.6 Å². The summed E-state index contributed by atoms with van der Waals surface area (Å²) in [6.07, 6.45) is 2.77. The molecule has 0 heterocycles.